The average molecular weight is 287 g/mol. The number of halogens is 1. The molecule has 0 saturated heterocycles. The van der Waals surface area contributed by atoms with Crippen LogP contribution in [0.15, 0.2) is 46.9 Å². The first-order valence-corrected chi connectivity index (χ1v) is 6.44. The van der Waals surface area contributed by atoms with Crippen molar-refractivity contribution in [3.63, 3.8) is 0 Å². The maximum Gasteiger partial charge on any atom is 0.255 e. The summed E-state index contributed by atoms with van der Waals surface area (Å²) in [5.41, 5.74) is 2.49. The molecule has 0 spiro atoms. The van der Waals surface area contributed by atoms with Crippen molar-refractivity contribution in [3.05, 3.63) is 58.9 Å². The highest BCUT2D eigenvalue weighted by molar-refractivity contribution is 6.31. The van der Waals surface area contributed by atoms with Gasteiger partial charge in [-0.15, -0.1) is 0 Å². The van der Waals surface area contributed by atoms with Gasteiger partial charge in [-0.25, -0.2) is 4.98 Å². The molecule has 0 fully saturated rings. The van der Waals surface area contributed by atoms with E-state index in [1.165, 1.54) is 0 Å². The number of aryl methyl sites for hydroxylation is 1. The monoisotopic (exact) mass is 286 g/mol. The number of anilines is 1. The Bertz CT molecular complexity index is 795. The molecule has 20 heavy (non-hydrogen) atoms. The summed E-state index contributed by atoms with van der Waals surface area (Å²) in [7, 11) is 0. The molecule has 0 bridgehead atoms. The highest BCUT2D eigenvalue weighted by Gasteiger charge is 2.10. The number of nitrogens with one attached hydrogen (secondary N) is 1. The van der Waals surface area contributed by atoms with Gasteiger partial charge in [0, 0.05) is 23.2 Å². The van der Waals surface area contributed by atoms with Gasteiger partial charge in [-0.2, -0.15) is 0 Å². The number of nitrogens with zero attached hydrogens (tertiary/aromatic N) is 1. The van der Waals surface area contributed by atoms with Crippen LogP contribution in [-0.4, -0.2) is 10.9 Å². The number of amides is 1. The first-order chi connectivity index (χ1) is 9.61. The minimum atomic E-state index is -0.219. The van der Waals surface area contributed by atoms with E-state index in [4.69, 9.17) is 16.0 Å². The standard InChI is InChI=1S/C15H11ClN2O2/c1-9-17-13-6-5-10(7-14(13)20-9)15(19)18-12-4-2-3-11(16)8-12/h2-8H,1H3,(H,18,19). The van der Waals surface area contributed by atoms with Crippen LogP contribution < -0.4 is 5.32 Å². The summed E-state index contributed by atoms with van der Waals surface area (Å²) in [6, 6.07) is 12.1. The van der Waals surface area contributed by atoms with Crippen LogP contribution in [0.4, 0.5) is 5.69 Å². The van der Waals surface area contributed by atoms with E-state index in [0.717, 1.165) is 5.52 Å². The quantitative estimate of drug-likeness (QED) is 0.773. The maximum atomic E-state index is 12.2. The molecule has 3 aromatic rings. The topological polar surface area (TPSA) is 55.1 Å². The summed E-state index contributed by atoms with van der Waals surface area (Å²) in [6.07, 6.45) is 0. The molecule has 3 rings (SSSR count). The van der Waals surface area contributed by atoms with E-state index in [9.17, 15) is 4.79 Å². The minimum absolute atomic E-state index is 0.219. The van der Waals surface area contributed by atoms with Crippen LogP contribution in [-0.2, 0) is 0 Å². The van der Waals surface area contributed by atoms with E-state index < -0.39 is 0 Å². The van der Waals surface area contributed by atoms with Crippen molar-refractivity contribution in [2.45, 2.75) is 6.92 Å². The molecule has 5 heteroatoms. The number of fused-ring (bicyclic) bond motifs is 1. The lowest BCUT2D eigenvalue weighted by Gasteiger charge is -2.05. The van der Waals surface area contributed by atoms with Gasteiger partial charge in [0.2, 0.25) is 0 Å². The summed E-state index contributed by atoms with van der Waals surface area (Å²) >= 11 is 5.88. The van der Waals surface area contributed by atoms with E-state index in [1.807, 2.05) is 0 Å². The fourth-order valence-corrected chi connectivity index (χ4v) is 2.14. The fourth-order valence-electron chi connectivity index (χ4n) is 1.95. The van der Waals surface area contributed by atoms with Crippen molar-refractivity contribution < 1.29 is 9.21 Å². The van der Waals surface area contributed by atoms with Gasteiger partial charge in [0.05, 0.1) is 0 Å². The van der Waals surface area contributed by atoms with E-state index in [-0.39, 0.29) is 5.91 Å². The number of hydrogen-bond acceptors (Lipinski definition) is 3. The van der Waals surface area contributed by atoms with Crippen molar-refractivity contribution >= 4 is 34.3 Å². The molecule has 1 aromatic heterocycles. The van der Waals surface area contributed by atoms with E-state index in [0.29, 0.717) is 27.7 Å². The zero-order valence-corrected chi connectivity index (χ0v) is 11.4. The molecule has 1 N–H and O–H groups in total. The Balaban J connectivity index is 1.88. The van der Waals surface area contributed by atoms with Crippen LogP contribution in [0.5, 0.6) is 0 Å². The van der Waals surface area contributed by atoms with Crippen LogP contribution in [0.1, 0.15) is 16.2 Å². The highest BCUT2D eigenvalue weighted by atomic mass is 35.5. The van der Waals surface area contributed by atoms with E-state index >= 15 is 0 Å². The average Bonchev–Trinajstić information content (AvgIpc) is 2.77. The predicted molar refractivity (Wildman–Crippen MR) is 78.2 cm³/mol. The second kappa shape index (κ2) is 4.98. The largest absolute Gasteiger partial charge is 0.441 e. The lowest BCUT2D eigenvalue weighted by atomic mass is 10.2. The lowest BCUT2D eigenvalue weighted by molar-refractivity contribution is 0.102. The molecular weight excluding hydrogens is 276 g/mol. The number of carbonyl (C=O) groups is 1. The van der Waals surface area contributed by atoms with Gasteiger partial charge in [0.1, 0.15) is 5.52 Å². The number of benzene rings is 2. The number of hydrogen-bond donors (Lipinski definition) is 1. The molecule has 100 valence electrons. The Kier molecular flexibility index (Phi) is 3.16. The van der Waals surface area contributed by atoms with Gasteiger partial charge in [-0.3, -0.25) is 4.79 Å². The second-order valence-corrected chi connectivity index (χ2v) is 4.82. The van der Waals surface area contributed by atoms with Gasteiger partial charge in [-0.1, -0.05) is 17.7 Å². The number of rotatable bonds is 2. The number of aromatic nitrogens is 1. The third kappa shape index (κ3) is 2.51. The summed E-state index contributed by atoms with van der Waals surface area (Å²) in [5, 5.41) is 3.36. The molecule has 0 aliphatic carbocycles. The van der Waals surface area contributed by atoms with Gasteiger partial charge in [-0.05, 0) is 36.4 Å². The minimum Gasteiger partial charge on any atom is -0.441 e. The van der Waals surface area contributed by atoms with Gasteiger partial charge in [0.25, 0.3) is 5.91 Å². The van der Waals surface area contributed by atoms with Gasteiger partial charge in [0.15, 0.2) is 11.5 Å². The molecule has 0 aliphatic heterocycles. The number of oxazole rings is 1. The second-order valence-electron chi connectivity index (χ2n) is 4.38. The molecular formula is C15H11ClN2O2. The first kappa shape index (κ1) is 12.7. The Hall–Kier alpha value is -2.33. The van der Waals surface area contributed by atoms with Crippen LogP contribution in [0.3, 0.4) is 0 Å². The normalized spacial score (nSPS) is 10.7. The van der Waals surface area contributed by atoms with Gasteiger partial charge < -0.3 is 9.73 Å². The van der Waals surface area contributed by atoms with E-state index in [1.54, 1.807) is 49.4 Å². The molecule has 0 atom stereocenters. The van der Waals surface area contributed by atoms with Crippen LogP contribution in [0.2, 0.25) is 5.02 Å². The molecule has 1 heterocycles. The SMILES string of the molecule is Cc1nc2ccc(C(=O)Nc3cccc(Cl)c3)cc2o1. The lowest BCUT2D eigenvalue weighted by Crippen LogP contribution is -2.11. The Morgan fingerprint density at radius 3 is 2.90 bits per heavy atom. The van der Waals surface area contributed by atoms with Crippen molar-refractivity contribution in [1.29, 1.82) is 0 Å². The summed E-state index contributed by atoms with van der Waals surface area (Å²) in [4.78, 5) is 16.4. The summed E-state index contributed by atoms with van der Waals surface area (Å²) < 4.78 is 5.42. The predicted octanol–water partition coefficient (Wildman–Crippen LogP) is 4.04. The van der Waals surface area contributed by atoms with Crippen molar-refractivity contribution in [2.24, 2.45) is 0 Å². The molecule has 0 saturated carbocycles. The van der Waals surface area contributed by atoms with E-state index in [2.05, 4.69) is 10.3 Å². The van der Waals surface area contributed by atoms with Crippen LogP contribution in [0.25, 0.3) is 11.1 Å². The molecule has 0 radical (unpaired) electrons. The molecule has 0 aliphatic rings. The number of carbonyl (C=O) groups excluding carboxylic acids is 1. The molecule has 4 nitrogen and oxygen atoms in total. The molecule has 2 aromatic carbocycles. The Morgan fingerprint density at radius 1 is 1.25 bits per heavy atom. The third-order valence-electron chi connectivity index (χ3n) is 2.84. The third-order valence-corrected chi connectivity index (χ3v) is 3.08. The molecule has 1 amide bonds. The Morgan fingerprint density at radius 2 is 2.10 bits per heavy atom. The smallest absolute Gasteiger partial charge is 0.255 e. The zero-order chi connectivity index (χ0) is 14.1. The van der Waals surface area contributed by atoms with Crippen molar-refractivity contribution in [1.82, 2.24) is 4.98 Å². The first-order valence-electron chi connectivity index (χ1n) is 6.06. The summed E-state index contributed by atoms with van der Waals surface area (Å²) in [6.45, 7) is 1.77. The molecule has 0 unspecified atom stereocenters. The fraction of sp³-hybridized carbons (Fsp3) is 0.0667. The van der Waals surface area contributed by atoms with Crippen LogP contribution >= 0.6 is 11.6 Å². The van der Waals surface area contributed by atoms with Crippen LogP contribution in [0, 0.1) is 6.92 Å². The zero-order valence-electron chi connectivity index (χ0n) is 10.7. The van der Waals surface area contributed by atoms with Crippen molar-refractivity contribution in [3.8, 4) is 0 Å². The highest BCUT2D eigenvalue weighted by Crippen LogP contribution is 2.19. The maximum absolute atomic E-state index is 12.2. The van der Waals surface area contributed by atoms with Crippen molar-refractivity contribution in [2.75, 3.05) is 5.32 Å². The summed E-state index contributed by atoms with van der Waals surface area (Å²) in [5.74, 6) is 0.357. The Labute approximate surface area is 120 Å². The van der Waals surface area contributed by atoms with Gasteiger partial charge >= 0.3 is 0 Å².